The van der Waals surface area contributed by atoms with Crippen molar-refractivity contribution < 1.29 is 13.9 Å². The lowest BCUT2D eigenvalue weighted by Gasteiger charge is -2.36. The molecule has 2 N–H and O–H groups in total. The number of alkyl carbamates (subject to hydrolysis) is 1. The van der Waals surface area contributed by atoms with Crippen molar-refractivity contribution in [3.05, 3.63) is 9.39 Å². The van der Waals surface area contributed by atoms with Gasteiger partial charge in [0.15, 0.2) is 15.2 Å². The fourth-order valence-electron chi connectivity index (χ4n) is 2.91. The number of carbonyl (C=O) groups excluding carboxylic acids is 1. The molecule has 2 aromatic rings. The van der Waals surface area contributed by atoms with Gasteiger partial charge in [-0.3, -0.25) is 5.10 Å². The van der Waals surface area contributed by atoms with E-state index in [4.69, 9.17) is 4.74 Å². The maximum atomic E-state index is 14.6. The minimum Gasteiger partial charge on any atom is -0.444 e. The summed E-state index contributed by atoms with van der Waals surface area (Å²) in [4.78, 5) is 22.8. The summed E-state index contributed by atoms with van der Waals surface area (Å²) in [6.07, 6.45) is -1.36. The van der Waals surface area contributed by atoms with Crippen molar-refractivity contribution in [2.75, 3.05) is 18.0 Å². The fourth-order valence-corrected chi connectivity index (χ4v) is 3.40. The van der Waals surface area contributed by atoms with E-state index in [1.54, 1.807) is 20.8 Å². The van der Waals surface area contributed by atoms with Crippen molar-refractivity contribution in [1.29, 1.82) is 0 Å². The van der Waals surface area contributed by atoms with E-state index in [0.29, 0.717) is 29.9 Å². The van der Waals surface area contributed by atoms with E-state index in [-0.39, 0.29) is 6.54 Å². The van der Waals surface area contributed by atoms with Crippen molar-refractivity contribution in [3.63, 3.8) is 0 Å². The molecule has 3 rings (SSSR count). The molecule has 142 valence electrons. The number of anilines is 1. The Morgan fingerprint density at radius 2 is 2.15 bits per heavy atom. The van der Waals surface area contributed by atoms with E-state index in [1.165, 1.54) is 0 Å². The van der Waals surface area contributed by atoms with Crippen LogP contribution in [0.4, 0.5) is 15.0 Å². The Hall–Kier alpha value is -1.72. The Bertz CT molecular complexity index is 821. The normalized spacial score (nSPS) is 21.1. The first-order chi connectivity index (χ1) is 12.1. The molecule has 1 aliphatic rings. The number of amides is 1. The van der Waals surface area contributed by atoms with Crippen LogP contribution in [0.1, 0.15) is 32.9 Å². The molecule has 0 radical (unpaired) electrons. The first kappa shape index (κ1) is 19.1. The van der Waals surface area contributed by atoms with Crippen molar-refractivity contribution in [2.45, 2.75) is 51.9 Å². The maximum Gasteiger partial charge on any atom is 0.407 e. The molecule has 0 bridgehead atoms. The van der Waals surface area contributed by atoms with E-state index < -0.39 is 23.9 Å². The summed E-state index contributed by atoms with van der Waals surface area (Å²) in [5.74, 6) is 0.635. The lowest BCUT2D eigenvalue weighted by Crippen LogP contribution is -2.53. The molecule has 0 aromatic carbocycles. The third-order valence-corrected chi connectivity index (χ3v) is 4.80. The molecule has 0 spiro atoms. The molecule has 26 heavy (non-hydrogen) atoms. The summed E-state index contributed by atoms with van der Waals surface area (Å²) < 4.78 is 20.6. The summed E-state index contributed by atoms with van der Waals surface area (Å²) in [6, 6.07) is -0.578. The predicted octanol–water partition coefficient (Wildman–Crippen LogP) is 2.71. The van der Waals surface area contributed by atoms with Crippen molar-refractivity contribution in [2.24, 2.45) is 0 Å². The summed E-state index contributed by atoms with van der Waals surface area (Å²) in [6.45, 7) is 7.87. The highest BCUT2D eigenvalue weighted by atomic mass is 127. The molecule has 3 heterocycles. The quantitative estimate of drug-likeness (QED) is 0.648. The third kappa shape index (κ3) is 4.15. The van der Waals surface area contributed by atoms with E-state index in [9.17, 15) is 9.18 Å². The highest BCUT2D eigenvalue weighted by Gasteiger charge is 2.33. The third-order valence-electron chi connectivity index (χ3n) is 4.04. The number of hydrogen-bond donors (Lipinski definition) is 2. The number of H-pyrrole nitrogens is 1. The minimum atomic E-state index is -1.23. The lowest BCUT2D eigenvalue weighted by atomic mass is 10.0. The zero-order valence-corrected chi connectivity index (χ0v) is 17.3. The Morgan fingerprint density at radius 3 is 2.81 bits per heavy atom. The lowest BCUT2D eigenvalue weighted by molar-refractivity contribution is 0.0463. The number of rotatable bonds is 2. The van der Waals surface area contributed by atoms with Crippen LogP contribution in [0, 0.1) is 10.6 Å². The van der Waals surface area contributed by atoms with Crippen LogP contribution in [0.2, 0.25) is 0 Å². The molecule has 0 unspecified atom stereocenters. The zero-order chi connectivity index (χ0) is 19.1. The molecular weight excluding hydrogens is 454 g/mol. The molecular formula is C16H22FIN6O2. The van der Waals surface area contributed by atoms with E-state index >= 15 is 0 Å². The van der Waals surface area contributed by atoms with Gasteiger partial charge in [0, 0.05) is 6.54 Å². The van der Waals surface area contributed by atoms with Gasteiger partial charge >= 0.3 is 6.09 Å². The van der Waals surface area contributed by atoms with Gasteiger partial charge in [0.2, 0.25) is 0 Å². The van der Waals surface area contributed by atoms with E-state index in [2.05, 4.69) is 48.1 Å². The first-order valence-corrected chi connectivity index (χ1v) is 9.48. The molecule has 0 saturated carbocycles. The number of piperidine rings is 1. The van der Waals surface area contributed by atoms with Crippen LogP contribution >= 0.6 is 22.6 Å². The van der Waals surface area contributed by atoms with E-state index in [1.807, 2.05) is 11.8 Å². The number of carbonyl (C=O) groups is 1. The maximum absolute atomic E-state index is 14.6. The van der Waals surface area contributed by atoms with Gasteiger partial charge in [0.1, 0.15) is 17.3 Å². The number of hydrogen-bond acceptors (Lipinski definition) is 6. The topological polar surface area (TPSA) is 96.0 Å². The van der Waals surface area contributed by atoms with Gasteiger partial charge in [-0.25, -0.2) is 19.2 Å². The van der Waals surface area contributed by atoms with Gasteiger partial charge in [-0.2, -0.15) is 5.10 Å². The number of halogens is 2. The zero-order valence-electron chi connectivity index (χ0n) is 15.1. The average Bonchev–Trinajstić information content (AvgIpc) is 2.87. The summed E-state index contributed by atoms with van der Waals surface area (Å²) in [5.41, 5.74) is 1.41. The van der Waals surface area contributed by atoms with Gasteiger partial charge in [-0.15, -0.1) is 0 Å². The van der Waals surface area contributed by atoms with Gasteiger partial charge in [0.25, 0.3) is 0 Å². The number of alkyl halides is 1. The average molecular weight is 476 g/mol. The Morgan fingerprint density at radius 1 is 1.42 bits per heavy atom. The number of aromatic nitrogens is 4. The summed E-state index contributed by atoms with van der Waals surface area (Å²) in [5, 5.41) is 9.56. The summed E-state index contributed by atoms with van der Waals surface area (Å²) in [7, 11) is 0. The van der Waals surface area contributed by atoms with Crippen LogP contribution in [0.15, 0.2) is 0 Å². The Balaban J connectivity index is 1.69. The largest absolute Gasteiger partial charge is 0.444 e. The van der Waals surface area contributed by atoms with Crippen LogP contribution in [0.25, 0.3) is 11.2 Å². The van der Waals surface area contributed by atoms with E-state index in [0.717, 1.165) is 9.39 Å². The Kier molecular flexibility index (Phi) is 5.22. The smallest absolute Gasteiger partial charge is 0.407 e. The van der Waals surface area contributed by atoms with Gasteiger partial charge in [-0.1, -0.05) is 0 Å². The van der Waals surface area contributed by atoms with Gasteiger partial charge in [-0.05, 0) is 56.7 Å². The fraction of sp³-hybridized carbons (Fsp3) is 0.625. The molecule has 2 atom stereocenters. The molecule has 2 aromatic heterocycles. The highest BCUT2D eigenvalue weighted by Crippen LogP contribution is 2.25. The number of aromatic amines is 1. The van der Waals surface area contributed by atoms with Crippen molar-refractivity contribution in [3.8, 4) is 0 Å². The summed E-state index contributed by atoms with van der Waals surface area (Å²) >= 11 is 2.09. The minimum absolute atomic E-state index is 0.132. The molecule has 0 aliphatic carbocycles. The second kappa shape index (κ2) is 7.12. The van der Waals surface area contributed by atoms with Gasteiger partial charge in [0.05, 0.1) is 18.3 Å². The number of aryl methyl sites for hydroxylation is 1. The van der Waals surface area contributed by atoms with Gasteiger partial charge < -0.3 is 15.0 Å². The molecule has 8 nitrogen and oxygen atoms in total. The number of nitrogens with zero attached hydrogens (tertiary/aromatic N) is 4. The number of ether oxygens (including phenoxy) is 1. The first-order valence-electron chi connectivity index (χ1n) is 8.41. The highest BCUT2D eigenvalue weighted by molar-refractivity contribution is 14.1. The van der Waals surface area contributed by atoms with Crippen LogP contribution in [0.3, 0.4) is 0 Å². The monoisotopic (exact) mass is 476 g/mol. The number of fused-ring (bicyclic) bond motifs is 1. The van der Waals surface area contributed by atoms with Crippen LogP contribution in [0.5, 0.6) is 0 Å². The van der Waals surface area contributed by atoms with Crippen molar-refractivity contribution >= 4 is 45.7 Å². The molecule has 1 amide bonds. The molecule has 1 aliphatic heterocycles. The molecule has 10 heteroatoms. The molecule has 1 saturated heterocycles. The van der Waals surface area contributed by atoms with Crippen LogP contribution in [-0.4, -0.2) is 57.2 Å². The second-order valence-electron chi connectivity index (χ2n) is 7.35. The van der Waals surface area contributed by atoms with Crippen LogP contribution < -0.4 is 10.2 Å². The second-order valence-corrected chi connectivity index (χ2v) is 8.37. The van der Waals surface area contributed by atoms with Crippen molar-refractivity contribution in [1.82, 2.24) is 25.5 Å². The predicted molar refractivity (Wildman–Crippen MR) is 104 cm³/mol. The molecule has 1 fully saturated rings. The standard InChI is InChI=1S/C16H22FIN6O2/c1-8-14(21-13-11(19-8)12(18)22-23-13)24-6-5-10(9(17)7-24)20-15(25)26-16(2,3)4/h9-10H,5-7H2,1-4H3,(H,20,25)(H,21,22,23)/t9-,10+/m1/s1. The Labute approximate surface area is 164 Å². The SMILES string of the molecule is Cc1nc2c(I)n[nH]c2nc1N1CC[C@H](NC(=O)OC(C)(C)C)[C@H](F)C1. The van der Waals surface area contributed by atoms with Crippen LogP contribution in [-0.2, 0) is 4.74 Å². The number of nitrogens with one attached hydrogen (secondary N) is 2.